The molecule has 5 heteroatoms. The van der Waals surface area contributed by atoms with Crippen molar-refractivity contribution in [3.05, 3.63) is 58.6 Å². The van der Waals surface area contributed by atoms with Gasteiger partial charge < -0.3 is 16.0 Å². The molecule has 0 spiro atoms. The molecular weight excluding hydrogens is 286 g/mol. The van der Waals surface area contributed by atoms with Gasteiger partial charge >= 0.3 is 0 Å². The number of nitrogens with two attached hydrogens (primary N) is 1. The summed E-state index contributed by atoms with van der Waals surface area (Å²) in [7, 11) is 3.89. The predicted molar refractivity (Wildman–Crippen MR) is 88.1 cm³/mol. The summed E-state index contributed by atoms with van der Waals surface area (Å²) in [6.45, 7) is 0.586. The zero-order valence-electron chi connectivity index (χ0n) is 12.1. The molecule has 3 N–H and O–H groups in total. The van der Waals surface area contributed by atoms with Crippen LogP contribution in [0.3, 0.4) is 0 Å². The fourth-order valence-corrected chi connectivity index (χ4v) is 2.49. The molecule has 0 atom stereocenters. The first-order valence-corrected chi connectivity index (χ1v) is 6.95. The number of carbonyl (C=O) groups excluding carboxylic acids is 1. The molecule has 0 unspecified atom stereocenters. The number of amides is 1. The van der Waals surface area contributed by atoms with Gasteiger partial charge in [-0.25, -0.2) is 0 Å². The van der Waals surface area contributed by atoms with Crippen LogP contribution >= 0.6 is 11.6 Å². The van der Waals surface area contributed by atoms with Crippen molar-refractivity contribution in [2.75, 3.05) is 24.3 Å². The second-order valence-corrected chi connectivity index (χ2v) is 5.36. The highest BCUT2D eigenvalue weighted by molar-refractivity contribution is 6.34. The predicted octanol–water partition coefficient (Wildman–Crippen LogP) is 3.12. The number of rotatable bonds is 5. The summed E-state index contributed by atoms with van der Waals surface area (Å²) in [6.07, 6.45) is 0. The van der Waals surface area contributed by atoms with Crippen LogP contribution in [0.5, 0.6) is 0 Å². The molecule has 0 saturated carbocycles. The molecule has 0 radical (unpaired) electrons. The van der Waals surface area contributed by atoms with Gasteiger partial charge in [0.15, 0.2) is 0 Å². The monoisotopic (exact) mass is 303 g/mol. The molecule has 0 heterocycles. The molecule has 110 valence electrons. The fourth-order valence-electron chi connectivity index (χ4n) is 2.14. The van der Waals surface area contributed by atoms with Crippen LogP contribution in [0.4, 0.5) is 11.4 Å². The molecule has 1 amide bonds. The average Bonchev–Trinajstić information content (AvgIpc) is 2.45. The molecule has 2 rings (SSSR count). The second kappa shape index (κ2) is 6.50. The van der Waals surface area contributed by atoms with Gasteiger partial charge in [-0.2, -0.15) is 0 Å². The summed E-state index contributed by atoms with van der Waals surface area (Å²) in [5.41, 5.74) is 8.66. The van der Waals surface area contributed by atoms with Crippen LogP contribution in [0.2, 0.25) is 5.02 Å². The van der Waals surface area contributed by atoms with Crippen LogP contribution in [0.15, 0.2) is 42.5 Å². The number of hydrogen-bond acceptors (Lipinski definition) is 3. The van der Waals surface area contributed by atoms with Crippen molar-refractivity contribution in [1.82, 2.24) is 0 Å². The third kappa shape index (κ3) is 3.67. The Hall–Kier alpha value is -2.20. The molecule has 0 aliphatic heterocycles. The minimum atomic E-state index is -0.423. The van der Waals surface area contributed by atoms with Crippen molar-refractivity contribution in [2.24, 2.45) is 5.73 Å². The summed E-state index contributed by atoms with van der Waals surface area (Å²) < 4.78 is 0. The minimum Gasteiger partial charge on any atom is -0.379 e. The van der Waals surface area contributed by atoms with Gasteiger partial charge in [0.05, 0.1) is 16.4 Å². The molecule has 2 aromatic carbocycles. The van der Waals surface area contributed by atoms with E-state index in [1.807, 2.05) is 49.3 Å². The summed E-state index contributed by atoms with van der Waals surface area (Å²) in [5.74, 6) is -0.423. The quantitative estimate of drug-likeness (QED) is 0.892. The number of primary amides is 1. The third-order valence-electron chi connectivity index (χ3n) is 3.13. The van der Waals surface area contributed by atoms with E-state index in [-0.39, 0.29) is 0 Å². The zero-order chi connectivity index (χ0) is 15.4. The highest BCUT2D eigenvalue weighted by Crippen LogP contribution is 2.32. The van der Waals surface area contributed by atoms with Crippen molar-refractivity contribution in [2.45, 2.75) is 6.54 Å². The maximum Gasteiger partial charge on any atom is 0.248 e. The van der Waals surface area contributed by atoms with Gasteiger partial charge in [0.2, 0.25) is 5.91 Å². The molecule has 0 fully saturated rings. The van der Waals surface area contributed by atoms with E-state index in [2.05, 4.69) is 5.32 Å². The lowest BCUT2D eigenvalue weighted by molar-refractivity contribution is 0.1000. The first-order valence-electron chi connectivity index (χ1n) is 6.57. The van der Waals surface area contributed by atoms with Gasteiger partial charge in [-0.15, -0.1) is 0 Å². The van der Waals surface area contributed by atoms with Crippen LogP contribution in [0.1, 0.15) is 15.9 Å². The Morgan fingerprint density at radius 1 is 1.24 bits per heavy atom. The van der Waals surface area contributed by atoms with Gasteiger partial charge in [0.1, 0.15) is 0 Å². The number of benzene rings is 2. The van der Waals surface area contributed by atoms with Crippen LogP contribution in [-0.4, -0.2) is 20.0 Å². The van der Waals surface area contributed by atoms with Crippen LogP contribution in [0, 0.1) is 0 Å². The SMILES string of the molecule is CN(C)c1c(Cl)cccc1NCc1cccc(C(N)=O)c1. The maximum atomic E-state index is 11.2. The van der Waals surface area contributed by atoms with Crippen molar-refractivity contribution in [1.29, 1.82) is 0 Å². The number of carbonyl (C=O) groups is 1. The topological polar surface area (TPSA) is 58.4 Å². The fraction of sp³-hybridized carbons (Fsp3) is 0.188. The summed E-state index contributed by atoms with van der Waals surface area (Å²) in [6, 6.07) is 13.0. The highest BCUT2D eigenvalue weighted by Gasteiger charge is 2.09. The molecule has 4 nitrogen and oxygen atoms in total. The Morgan fingerprint density at radius 2 is 1.95 bits per heavy atom. The second-order valence-electron chi connectivity index (χ2n) is 4.95. The van der Waals surface area contributed by atoms with E-state index in [1.54, 1.807) is 12.1 Å². The number of para-hydroxylation sites is 1. The Balaban J connectivity index is 2.19. The number of anilines is 2. The molecule has 0 aliphatic carbocycles. The molecule has 0 aromatic heterocycles. The van der Waals surface area contributed by atoms with Crippen LogP contribution in [0.25, 0.3) is 0 Å². The lowest BCUT2D eigenvalue weighted by Crippen LogP contribution is -2.13. The number of halogens is 1. The van der Waals surface area contributed by atoms with E-state index in [1.165, 1.54) is 0 Å². The van der Waals surface area contributed by atoms with Crippen molar-refractivity contribution in [3.8, 4) is 0 Å². The van der Waals surface area contributed by atoms with Crippen molar-refractivity contribution in [3.63, 3.8) is 0 Å². The normalized spacial score (nSPS) is 10.2. The number of nitrogens with one attached hydrogen (secondary N) is 1. The van der Waals surface area contributed by atoms with Gasteiger partial charge in [0.25, 0.3) is 0 Å². The van der Waals surface area contributed by atoms with Gasteiger partial charge in [-0.1, -0.05) is 29.8 Å². The Kier molecular flexibility index (Phi) is 4.70. The molecule has 21 heavy (non-hydrogen) atoms. The minimum absolute atomic E-state index is 0.423. The zero-order valence-corrected chi connectivity index (χ0v) is 12.8. The summed E-state index contributed by atoms with van der Waals surface area (Å²) in [4.78, 5) is 13.2. The Labute approximate surface area is 129 Å². The molecule has 0 aliphatic rings. The lowest BCUT2D eigenvalue weighted by atomic mass is 10.1. The van der Waals surface area contributed by atoms with Gasteiger partial charge in [-0.3, -0.25) is 4.79 Å². The average molecular weight is 304 g/mol. The highest BCUT2D eigenvalue weighted by atomic mass is 35.5. The Morgan fingerprint density at radius 3 is 2.62 bits per heavy atom. The summed E-state index contributed by atoms with van der Waals surface area (Å²) >= 11 is 6.23. The van der Waals surface area contributed by atoms with Crippen molar-refractivity contribution < 1.29 is 4.79 Å². The van der Waals surface area contributed by atoms with E-state index in [0.29, 0.717) is 17.1 Å². The smallest absolute Gasteiger partial charge is 0.248 e. The molecule has 0 bridgehead atoms. The Bertz CT molecular complexity index is 656. The van der Waals surface area contributed by atoms with Crippen LogP contribution in [-0.2, 0) is 6.54 Å². The van der Waals surface area contributed by atoms with E-state index in [9.17, 15) is 4.79 Å². The third-order valence-corrected chi connectivity index (χ3v) is 3.43. The van der Waals surface area contributed by atoms with E-state index >= 15 is 0 Å². The molecular formula is C16H18ClN3O. The van der Waals surface area contributed by atoms with E-state index < -0.39 is 5.91 Å². The van der Waals surface area contributed by atoms with Crippen molar-refractivity contribution >= 4 is 28.9 Å². The summed E-state index contributed by atoms with van der Waals surface area (Å²) in [5, 5.41) is 4.03. The largest absolute Gasteiger partial charge is 0.379 e. The molecule has 2 aromatic rings. The van der Waals surface area contributed by atoms with Crippen LogP contribution < -0.4 is 16.0 Å². The maximum absolute atomic E-state index is 11.2. The number of hydrogen-bond donors (Lipinski definition) is 2. The lowest BCUT2D eigenvalue weighted by Gasteiger charge is -2.20. The standard InChI is InChI=1S/C16H18ClN3O/c1-20(2)15-13(17)7-4-8-14(15)19-10-11-5-3-6-12(9-11)16(18)21/h3-9,19H,10H2,1-2H3,(H2,18,21). The van der Waals surface area contributed by atoms with E-state index in [4.69, 9.17) is 17.3 Å². The first-order chi connectivity index (χ1) is 9.99. The number of nitrogens with zero attached hydrogens (tertiary/aromatic N) is 1. The molecule has 0 saturated heterocycles. The van der Waals surface area contributed by atoms with Gasteiger partial charge in [-0.05, 0) is 29.8 Å². The van der Waals surface area contributed by atoms with Gasteiger partial charge in [0, 0.05) is 26.2 Å². The first kappa shape index (κ1) is 15.2. The van der Waals surface area contributed by atoms with E-state index in [0.717, 1.165) is 16.9 Å².